The van der Waals surface area contributed by atoms with E-state index in [1.165, 1.54) is 160 Å². The number of hydrogen-bond donors (Lipinski definition) is 0. The molecule has 0 amide bonds. The molecule has 0 radical (unpaired) electrons. The monoisotopic (exact) mass is 1100 g/mol. The second kappa shape index (κ2) is 19.0. The van der Waals surface area contributed by atoms with Crippen molar-refractivity contribution in [3.63, 3.8) is 0 Å². The maximum absolute atomic E-state index is 4.72. The van der Waals surface area contributed by atoms with Crippen molar-refractivity contribution in [2.75, 3.05) is 0 Å². The SMILES string of the molecule is C[n+]1cc2ccccc2c2c1B1c3c(cncc3Cc3c1[n+](C)cc1ccccc31)C2.C[n+]1cccc2c1B1c3c(cncc3Cc3c1[n+](C)cc1ccccc31)C2.C[n+]1cccc2c1B1c3c(ncnc3Cc3c1[n+](C)cc1ccccc31)C2. The summed E-state index contributed by atoms with van der Waals surface area (Å²) in [7, 11) is 13.1. The highest BCUT2D eigenvalue weighted by Gasteiger charge is 2.52. The molecule has 0 unspecified atom stereocenters. The highest BCUT2D eigenvalue weighted by molar-refractivity contribution is 6.96. The third kappa shape index (κ3) is 7.47. The van der Waals surface area contributed by atoms with E-state index in [0.717, 1.165) is 38.5 Å². The summed E-state index contributed by atoms with van der Waals surface area (Å²) in [6, 6.07) is 43.9. The summed E-state index contributed by atoms with van der Waals surface area (Å²) in [5.74, 6) is 0. The van der Waals surface area contributed by atoms with Crippen LogP contribution >= 0.6 is 0 Å². The van der Waals surface area contributed by atoms with Crippen LogP contribution in [0.1, 0.15) is 67.0 Å². The first-order valence-corrected chi connectivity index (χ1v) is 29.9. The maximum Gasteiger partial charge on any atom is 0.410 e. The average molecular weight is 1100 g/mol. The maximum atomic E-state index is 4.72. The van der Waals surface area contributed by atoms with E-state index in [1.807, 2.05) is 0 Å². The molecule has 0 bridgehead atoms. The lowest BCUT2D eigenvalue weighted by Crippen LogP contribution is -2.75. The molecule has 0 atom stereocenters. The lowest BCUT2D eigenvalue weighted by Gasteiger charge is -2.30. The van der Waals surface area contributed by atoms with E-state index in [-0.39, 0.29) is 20.1 Å². The zero-order valence-corrected chi connectivity index (χ0v) is 48.8. The number of nitrogens with zero attached hydrogens (tertiary/aromatic N) is 10. The Labute approximate surface area is 495 Å². The van der Waals surface area contributed by atoms with Gasteiger partial charge < -0.3 is 0 Å². The molecule has 19 rings (SSSR count). The van der Waals surface area contributed by atoms with Gasteiger partial charge >= 0.3 is 20.1 Å². The summed E-state index contributed by atoms with van der Waals surface area (Å²) in [5, 5.41) is 10.6. The molecule has 0 spiro atoms. The molecule has 10 nitrogen and oxygen atoms in total. The molecule has 6 aliphatic heterocycles. The van der Waals surface area contributed by atoms with Crippen LogP contribution in [0.25, 0.3) is 43.1 Å². The van der Waals surface area contributed by atoms with Crippen LogP contribution in [0.2, 0.25) is 0 Å². The van der Waals surface area contributed by atoms with Crippen LogP contribution in [0.4, 0.5) is 0 Å². The summed E-state index contributed by atoms with van der Waals surface area (Å²) in [4.78, 5) is 18.7. The highest BCUT2D eigenvalue weighted by Crippen LogP contribution is 2.29. The van der Waals surface area contributed by atoms with E-state index in [9.17, 15) is 0 Å². The van der Waals surface area contributed by atoms with Crippen LogP contribution in [0.3, 0.4) is 0 Å². The first-order valence-electron chi connectivity index (χ1n) is 29.9. The minimum absolute atomic E-state index is 0.185. The van der Waals surface area contributed by atoms with Gasteiger partial charge in [0.2, 0.25) is 0 Å². The number of fused-ring (bicyclic) bond motifs is 20. The average Bonchev–Trinajstić information content (AvgIpc) is 2.34. The molecule has 6 aliphatic rings. The Morgan fingerprint density at radius 1 is 0.306 bits per heavy atom. The molecular weight excluding hydrogens is 1040 g/mol. The normalized spacial score (nSPS) is 13.9. The van der Waals surface area contributed by atoms with Crippen LogP contribution in [0, 0.1) is 0 Å². The molecule has 0 N–H and O–H groups in total. The van der Waals surface area contributed by atoms with Gasteiger partial charge in [-0.1, -0.05) is 72.8 Å². The Balaban J connectivity index is 0.000000100. The van der Waals surface area contributed by atoms with Crippen molar-refractivity contribution >= 4 is 113 Å². The number of aromatic nitrogens is 10. The van der Waals surface area contributed by atoms with E-state index < -0.39 is 0 Å². The number of hydrogen-bond acceptors (Lipinski definition) is 4. The molecule has 0 aliphatic carbocycles. The van der Waals surface area contributed by atoms with Crippen molar-refractivity contribution in [1.29, 1.82) is 0 Å². The summed E-state index contributed by atoms with van der Waals surface area (Å²) in [5.41, 5.74) is 29.1. The summed E-state index contributed by atoms with van der Waals surface area (Å²) >= 11 is 0. The first kappa shape index (κ1) is 50.0. The van der Waals surface area contributed by atoms with E-state index in [4.69, 9.17) is 4.98 Å². The van der Waals surface area contributed by atoms with Gasteiger partial charge in [-0.2, -0.15) is 0 Å². The van der Waals surface area contributed by atoms with Gasteiger partial charge in [0.1, 0.15) is 48.6 Å². The summed E-state index contributed by atoms with van der Waals surface area (Å²) in [6.07, 6.45) is 29.2. The van der Waals surface area contributed by atoms with Gasteiger partial charge in [-0.3, -0.25) is 9.97 Å². The highest BCUT2D eigenvalue weighted by atomic mass is 15.0. The summed E-state index contributed by atoms with van der Waals surface area (Å²) < 4.78 is 14.0. The Bertz CT molecular complexity index is 4750. The van der Waals surface area contributed by atoms with Crippen molar-refractivity contribution in [2.24, 2.45) is 42.3 Å². The Morgan fingerprint density at radius 2 is 0.635 bits per heavy atom. The van der Waals surface area contributed by atoms with Crippen molar-refractivity contribution in [3.05, 3.63) is 257 Å². The Kier molecular flexibility index (Phi) is 11.1. The minimum Gasteiger partial charge on any atom is -0.264 e. The van der Waals surface area contributed by atoms with E-state index in [0.29, 0.717) is 0 Å². The van der Waals surface area contributed by atoms with Gasteiger partial charge in [-0.25, -0.2) is 37.4 Å². The number of rotatable bonds is 0. The standard InChI is InChI=1S/C27H22BN3.C23H20BN3.C22H19BN4/c1-30-15-17-7-3-5-9-21(17)23-11-19-13-29-14-20-12-24-22-10-6-4-8-18(22)16-31(2)27(24)28(25(19)20)26(23)30;1-26-9-5-7-15-10-17-12-25-13-18-11-20-19-8-4-3-6-16(19)14-27(2)23(20)24(21(17)18)22(15)26;1-26-9-5-7-14-10-18-20-19(25-13-24-18)11-17-16-8-4-3-6-15(16)12-27(2)22(17)23(20)21(14)26/h3-10,13-16H,11-12H2,1-2H3;3-9,12-14H,10-11H2,1-2H3;3-9,12-13H,10-11H2,1-2H3/q3*+2. The predicted octanol–water partition coefficient (Wildman–Crippen LogP) is 1.17. The van der Waals surface area contributed by atoms with Gasteiger partial charge in [-0.15, -0.1) is 0 Å². The van der Waals surface area contributed by atoms with Gasteiger partial charge in [0.15, 0.2) is 70.7 Å². The molecule has 13 aromatic rings. The fourth-order valence-corrected chi connectivity index (χ4v) is 16.6. The van der Waals surface area contributed by atoms with E-state index in [2.05, 4.69) is 268 Å². The van der Waals surface area contributed by atoms with Gasteiger partial charge in [-0.05, 0) is 96.6 Å². The molecule has 15 heterocycles. The molecule has 402 valence electrons. The quantitative estimate of drug-likeness (QED) is 0.169. The minimum atomic E-state index is 0.185. The topological polar surface area (TPSA) is 74.8 Å². The third-order valence-corrected chi connectivity index (χ3v) is 19.9. The van der Waals surface area contributed by atoms with Crippen LogP contribution < -0.4 is 77.4 Å². The zero-order valence-electron chi connectivity index (χ0n) is 48.8. The fourth-order valence-electron chi connectivity index (χ4n) is 16.6. The molecule has 0 saturated carbocycles. The molecular formula is C72H61B3N10+6. The largest absolute Gasteiger partial charge is 0.410 e. The Hall–Kier alpha value is -9.61. The van der Waals surface area contributed by atoms with Crippen LogP contribution in [0.5, 0.6) is 0 Å². The van der Waals surface area contributed by atoms with Crippen molar-refractivity contribution in [2.45, 2.75) is 38.5 Å². The van der Waals surface area contributed by atoms with Gasteiger partial charge in [0, 0.05) is 142 Å². The number of aryl methyl sites for hydroxylation is 6. The molecule has 85 heavy (non-hydrogen) atoms. The molecule has 0 fully saturated rings. The smallest absolute Gasteiger partial charge is 0.264 e. The predicted molar refractivity (Wildman–Crippen MR) is 337 cm³/mol. The van der Waals surface area contributed by atoms with Crippen LogP contribution in [-0.4, -0.2) is 40.1 Å². The van der Waals surface area contributed by atoms with Crippen LogP contribution in [-0.2, 0) is 80.8 Å². The molecule has 4 aromatic carbocycles. The van der Waals surface area contributed by atoms with Crippen molar-refractivity contribution in [1.82, 2.24) is 19.9 Å². The van der Waals surface area contributed by atoms with Crippen molar-refractivity contribution in [3.8, 4) is 0 Å². The van der Waals surface area contributed by atoms with E-state index >= 15 is 0 Å². The second-order valence-corrected chi connectivity index (χ2v) is 24.6. The molecule has 9 aromatic heterocycles. The third-order valence-electron chi connectivity index (χ3n) is 19.9. The zero-order chi connectivity index (χ0) is 56.9. The van der Waals surface area contributed by atoms with Crippen LogP contribution in [0.15, 0.2) is 190 Å². The second-order valence-electron chi connectivity index (χ2n) is 24.6. The lowest BCUT2D eigenvalue weighted by atomic mass is 9.33. The molecule has 13 heteroatoms. The number of benzene rings is 4. The Morgan fingerprint density at radius 3 is 1.05 bits per heavy atom. The van der Waals surface area contributed by atoms with Gasteiger partial charge in [0.25, 0.3) is 0 Å². The number of pyridine rings is 8. The molecule has 0 saturated heterocycles. The summed E-state index contributed by atoms with van der Waals surface area (Å²) in [6.45, 7) is 0.681. The lowest BCUT2D eigenvalue weighted by molar-refractivity contribution is -0.658. The fraction of sp³-hybridized carbons (Fsp3) is 0.167. The van der Waals surface area contributed by atoms with Gasteiger partial charge in [0.05, 0.1) is 0 Å². The van der Waals surface area contributed by atoms with Crippen molar-refractivity contribution < 1.29 is 27.4 Å². The first-order chi connectivity index (χ1) is 41.6. The van der Waals surface area contributed by atoms with E-state index in [1.54, 1.807) is 6.33 Å².